The first kappa shape index (κ1) is 27.8. The van der Waals surface area contributed by atoms with Gasteiger partial charge in [-0.2, -0.15) is 0 Å². The van der Waals surface area contributed by atoms with E-state index in [4.69, 9.17) is 0 Å². The molecule has 1 aliphatic rings. The molecule has 42 heavy (non-hydrogen) atoms. The average Bonchev–Trinajstić information content (AvgIpc) is 3.57. The lowest BCUT2D eigenvalue weighted by Gasteiger charge is -2.24. The molecule has 210 valence electrons. The van der Waals surface area contributed by atoms with Crippen LogP contribution in [0.1, 0.15) is 49.1 Å². The van der Waals surface area contributed by atoms with E-state index >= 15 is 0 Å². The van der Waals surface area contributed by atoms with Crippen LogP contribution < -0.4 is 4.90 Å². The zero-order chi connectivity index (χ0) is 29.4. The molecule has 1 saturated heterocycles. The predicted molar refractivity (Wildman–Crippen MR) is 168 cm³/mol. The minimum atomic E-state index is -0.865. The topological polar surface area (TPSA) is 96.3 Å². The van der Waals surface area contributed by atoms with Gasteiger partial charge in [-0.05, 0) is 45.0 Å². The number of hydrogen-bond acceptors (Lipinski definition) is 8. The molecule has 0 radical (unpaired) electrons. The fourth-order valence-corrected chi connectivity index (χ4v) is 6.96. The fraction of sp³-hybridized carbons (Fsp3) is 0.182. The summed E-state index contributed by atoms with van der Waals surface area (Å²) in [7, 11) is 0. The molecule has 1 N–H and O–H groups in total. The van der Waals surface area contributed by atoms with Crippen molar-refractivity contribution in [1.29, 1.82) is 0 Å². The summed E-state index contributed by atoms with van der Waals surface area (Å²) in [6, 6.07) is 24.6. The summed E-state index contributed by atoms with van der Waals surface area (Å²) >= 11 is 2.78. The lowest BCUT2D eigenvalue weighted by molar-refractivity contribution is -0.132. The highest BCUT2D eigenvalue weighted by Gasteiger charge is 2.48. The Kier molecular flexibility index (Phi) is 7.38. The van der Waals surface area contributed by atoms with E-state index in [1.165, 1.54) is 56.7 Å². The summed E-state index contributed by atoms with van der Waals surface area (Å²) in [6.45, 7) is 6.36. The minimum absolute atomic E-state index is 0.00914. The molecule has 0 aliphatic carbocycles. The van der Waals surface area contributed by atoms with Crippen LogP contribution in [0.15, 0.2) is 101 Å². The number of benzene rings is 3. The maximum atomic E-state index is 13.5. The van der Waals surface area contributed by atoms with E-state index in [1.807, 2.05) is 42.5 Å². The van der Waals surface area contributed by atoms with Crippen LogP contribution in [0.25, 0.3) is 16.5 Å². The number of hydrogen-bond donors (Lipinski definition) is 1. The molecule has 0 saturated carbocycles. The van der Waals surface area contributed by atoms with E-state index in [2.05, 4.69) is 60.2 Å². The molecule has 1 amide bonds. The lowest BCUT2D eigenvalue weighted by Crippen LogP contribution is -2.29. The average molecular weight is 593 g/mol. The Morgan fingerprint density at radius 3 is 2.38 bits per heavy atom. The highest BCUT2D eigenvalue weighted by Crippen LogP contribution is 2.44. The lowest BCUT2D eigenvalue weighted by atomic mass is 9.85. The van der Waals surface area contributed by atoms with Gasteiger partial charge in [-0.25, -0.2) is 0 Å². The number of thioether (sulfide) groups is 1. The monoisotopic (exact) mass is 592 g/mol. The van der Waals surface area contributed by atoms with Crippen LogP contribution in [0.3, 0.4) is 0 Å². The van der Waals surface area contributed by atoms with Gasteiger partial charge in [-0.3, -0.25) is 19.5 Å². The van der Waals surface area contributed by atoms with E-state index in [0.717, 1.165) is 5.56 Å². The van der Waals surface area contributed by atoms with E-state index in [1.54, 1.807) is 12.1 Å². The Bertz CT molecular complexity index is 1820. The standard InChI is InChI=1S/C33H28N4O3S2/c1-33(2,3)24-13-11-21(12-14-24)27-26(28(38)22-15-17-34-18-16-22)29(39)30(40)37(27)31-35-36-32(42-31)41-19-23-9-6-8-20-7-4-5-10-25(20)23/h4-18,27,38H,19H2,1-3H3. The number of aliphatic hydroxyl groups excluding tert-OH is 1. The third kappa shape index (κ3) is 5.21. The number of ketones is 1. The number of aromatic nitrogens is 3. The van der Waals surface area contributed by atoms with Crippen molar-refractivity contribution in [1.82, 2.24) is 15.2 Å². The van der Waals surface area contributed by atoms with Crippen molar-refractivity contribution in [2.24, 2.45) is 0 Å². The molecule has 3 heterocycles. The third-order valence-corrected chi connectivity index (χ3v) is 9.43. The van der Waals surface area contributed by atoms with Crippen molar-refractivity contribution in [3.8, 4) is 0 Å². The first-order chi connectivity index (χ1) is 20.2. The summed E-state index contributed by atoms with van der Waals surface area (Å²) in [6.07, 6.45) is 3.06. The van der Waals surface area contributed by atoms with Gasteiger partial charge in [0.1, 0.15) is 5.76 Å². The number of anilines is 1. The number of pyridine rings is 1. The van der Waals surface area contributed by atoms with Crippen molar-refractivity contribution < 1.29 is 14.7 Å². The molecule has 3 aromatic carbocycles. The predicted octanol–water partition coefficient (Wildman–Crippen LogP) is 7.30. The first-order valence-corrected chi connectivity index (χ1v) is 15.3. The molecular weight excluding hydrogens is 565 g/mol. The van der Waals surface area contributed by atoms with Crippen molar-refractivity contribution in [3.63, 3.8) is 0 Å². The van der Waals surface area contributed by atoms with Crippen molar-refractivity contribution in [3.05, 3.63) is 119 Å². The highest BCUT2D eigenvalue weighted by molar-refractivity contribution is 8.00. The quantitative estimate of drug-likeness (QED) is 0.0726. The molecule has 1 unspecified atom stereocenters. The molecule has 5 aromatic rings. The van der Waals surface area contributed by atoms with Crippen molar-refractivity contribution in [2.45, 2.75) is 42.3 Å². The molecule has 7 nitrogen and oxygen atoms in total. The van der Waals surface area contributed by atoms with Gasteiger partial charge in [0.05, 0.1) is 11.6 Å². The second-order valence-electron chi connectivity index (χ2n) is 11.1. The second kappa shape index (κ2) is 11.2. The molecule has 6 rings (SSSR count). The SMILES string of the molecule is CC(C)(C)c1ccc(C2C(=C(O)c3ccncc3)C(=O)C(=O)N2c2nnc(SCc3cccc4ccccc34)s2)cc1. The first-order valence-electron chi connectivity index (χ1n) is 13.5. The molecule has 0 bridgehead atoms. The fourth-order valence-electron chi connectivity index (χ4n) is 5.09. The number of fused-ring (bicyclic) bond motifs is 1. The van der Waals surface area contributed by atoms with E-state index in [9.17, 15) is 14.7 Å². The summed E-state index contributed by atoms with van der Waals surface area (Å²) in [5, 5.41) is 22.7. The van der Waals surface area contributed by atoms with Gasteiger partial charge in [-0.1, -0.05) is 111 Å². The van der Waals surface area contributed by atoms with E-state index in [-0.39, 0.29) is 16.7 Å². The van der Waals surface area contributed by atoms with Crippen LogP contribution in [0.5, 0.6) is 0 Å². The second-order valence-corrected chi connectivity index (χ2v) is 13.2. The van der Waals surface area contributed by atoms with E-state index < -0.39 is 17.7 Å². The molecule has 9 heteroatoms. The number of rotatable bonds is 6. The molecule has 2 aromatic heterocycles. The third-order valence-electron chi connectivity index (χ3n) is 7.32. The zero-order valence-corrected chi connectivity index (χ0v) is 24.9. The van der Waals surface area contributed by atoms with Crippen molar-refractivity contribution >= 4 is 56.5 Å². The Balaban J connectivity index is 1.37. The maximum absolute atomic E-state index is 13.5. The Morgan fingerprint density at radius 2 is 1.64 bits per heavy atom. The van der Waals surface area contributed by atoms with Gasteiger partial charge < -0.3 is 5.11 Å². The van der Waals surface area contributed by atoms with Crippen LogP contribution in [0.2, 0.25) is 0 Å². The molecule has 1 fully saturated rings. The zero-order valence-electron chi connectivity index (χ0n) is 23.3. The number of Topliss-reactive ketones (excluding diaryl/α,β-unsaturated/α-hetero) is 1. The van der Waals surface area contributed by atoms with Gasteiger partial charge in [-0.15, -0.1) is 10.2 Å². The van der Waals surface area contributed by atoms with Gasteiger partial charge in [0.15, 0.2) is 4.34 Å². The van der Waals surface area contributed by atoms with Crippen molar-refractivity contribution in [2.75, 3.05) is 4.90 Å². The summed E-state index contributed by atoms with van der Waals surface area (Å²) in [5.74, 6) is -1.10. The Hall–Kier alpha value is -4.34. The van der Waals surface area contributed by atoms with Gasteiger partial charge in [0, 0.05) is 23.7 Å². The molecule has 0 spiro atoms. The number of nitrogens with zero attached hydrogens (tertiary/aromatic N) is 4. The summed E-state index contributed by atoms with van der Waals surface area (Å²) in [5.41, 5.74) is 3.31. The Labute approximate surface area is 252 Å². The molecule has 1 aliphatic heterocycles. The van der Waals surface area contributed by atoms with Gasteiger partial charge in [0.25, 0.3) is 5.78 Å². The van der Waals surface area contributed by atoms with Crippen LogP contribution in [0, 0.1) is 0 Å². The van der Waals surface area contributed by atoms with Gasteiger partial charge in [0.2, 0.25) is 5.13 Å². The summed E-state index contributed by atoms with van der Waals surface area (Å²) in [4.78, 5) is 32.4. The molecule has 1 atom stereocenters. The maximum Gasteiger partial charge on any atom is 0.301 e. The van der Waals surface area contributed by atoms with E-state index in [0.29, 0.717) is 26.4 Å². The summed E-state index contributed by atoms with van der Waals surface area (Å²) < 4.78 is 0.677. The smallest absolute Gasteiger partial charge is 0.301 e. The van der Waals surface area contributed by atoms with Crippen LogP contribution in [-0.2, 0) is 20.8 Å². The van der Waals surface area contributed by atoms with Crippen LogP contribution in [-0.4, -0.2) is 32.0 Å². The van der Waals surface area contributed by atoms with Crippen LogP contribution >= 0.6 is 23.1 Å². The Morgan fingerprint density at radius 1 is 0.929 bits per heavy atom. The van der Waals surface area contributed by atoms with Crippen LogP contribution in [0.4, 0.5) is 5.13 Å². The number of carbonyl (C=O) groups is 2. The van der Waals surface area contributed by atoms with Gasteiger partial charge >= 0.3 is 5.91 Å². The largest absolute Gasteiger partial charge is 0.507 e. The molecular formula is C33H28N4O3S2. The number of carbonyl (C=O) groups excluding carboxylic acids is 2. The minimum Gasteiger partial charge on any atom is -0.507 e. The normalized spacial score (nSPS) is 16.8. The number of amides is 1. The highest BCUT2D eigenvalue weighted by atomic mass is 32.2. The number of aliphatic hydroxyl groups is 1.